The zero-order valence-electron chi connectivity index (χ0n) is 13.1. The van der Waals surface area contributed by atoms with Gasteiger partial charge in [0.1, 0.15) is 0 Å². The van der Waals surface area contributed by atoms with Crippen LogP contribution in [0.1, 0.15) is 58.2 Å². The molecule has 0 aromatic carbocycles. The van der Waals surface area contributed by atoms with Crippen LogP contribution in [0.3, 0.4) is 0 Å². The summed E-state index contributed by atoms with van der Waals surface area (Å²) in [6, 6.07) is 0. The summed E-state index contributed by atoms with van der Waals surface area (Å²) in [6.45, 7) is 7.37. The van der Waals surface area contributed by atoms with Gasteiger partial charge in [0.25, 0.3) is 0 Å². The number of nitrogens with one attached hydrogen (secondary N) is 1. The van der Waals surface area contributed by atoms with Crippen LogP contribution in [-0.2, 0) is 21.4 Å². The average molecular weight is 295 g/mol. The van der Waals surface area contributed by atoms with Crippen molar-refractivity contribution in [3.05, 3.63) is 11.7 Å². The number of hydrogen-bond donors (Lipinski definition) is 1. The predicted molar refractivity (Wildman–Crippen MR) is 77.9 cm³/mol. The maximum atomic E-state index is 11.8. The molecule has 1 aromatic rings. The SMILES string of the molecule is CC(C)(C)c1nc(CCNC(=O)CC2CCCCO2)no1. The number of ether oxygens (including phenoxy) is 1. The minimum atomic E-state index is -0.146. The number of rotatable bonds is 5. The van der Waals surface area contributed by atoms with Crippen LogP contribution >= 0.6 is 0 Å². The van der Waals surface area contributed by atoms with Crippen molar-refractivity contribution >= 4 is 5.91 Å². The van der Waals surface area contributed by atoms with E-state index in [2.05, 4.69) is 15.5 Å². The van der Waals surface area contributed by atoms with E-state index in [1.807, 2.05) is 20.8 Å². The predicted octanol–water partition coefficient (Wildman–Crippen LogP) is 1.98. The Morgan fingerprint density at radius 2 is 2.19 bits per heavy atom. The molecule has 1 amide bonds. The molecule has 1 atom stereocenters. The van der Waals surface area contributed by atoms with Gasteiger partial charge in [0.2, 0.25) is 11.8 Å². The molecule has 2 heterocycles. The fourth-order valence-electron chi connectivity index (χ4n) is 2.22. The Hall–Kier alpha value is -1.43. The first-order valence-corrected chi connectivity index (χ1v) is 7.66. The third kappa shape index (κ3) is 5.12. The lowest BCUT2D eigenvalue weighted by molar-refractivity contribution is -0.124. The van der Waals surface area contributed by atoms with Crippen molar-refractivity contribution in [2.45, 2.75) is 64.4 Å². The highest BCUT2D eigenvalue weighted by Crippen LogP contribution is 2.19. The number of carbonyl (C=O) groups excluding carboxylic acids is 1. The van der Waals surface area contributed by atoms with E-state index in [0.29, 0.717) is 31.1 Å². The molecular weight excluding hydrogens is 270 g/mol. The molecule has 0 saturated carbocycles. The smallest absolute Gasteiger partial charge is 0.232 e. The van der Waals surface area contributed by atoms with E-state index in [1.54, 1.807) is 0 Å². The Morgan fingerprint density at radius 3 is 2.81 bits per heavy atom. The van der Waals surface area contributed by atoms with Crippen molar-refractivity contribution in [3.63, 3.8) is 0 Å². The molecule has 1 fully saturated rings. The second-order valence-corrected chi connectivity index (χ2v) is 6.56. The summed E-state index contributed by atoms with van der Waals surface area (Å²) in [5.74, 6) is 1.29. The summed E-state index contributed by atoms with van der Waals surface area (Å²) < 4.78 is 10.8. The van der Waals surface area contributed by atoms with Gasteiger partial charge in [-0.2, -0.15) is 4.98 Å². The Labute approximate surface area is 125 Å². The van der Waals surface area contributed by atoms with E-state index in [9.17, 15) is 4.79 Å². The molecule has 6 heteroatoms. The highest BCUT2D eigenvalue weighted by molar-refractivity contribution is 5.76. The highest BCUT2D eigenvalue weighted by atomic mass is 16.5. The molecule has 0 radical (unpaired) electrons. The average Bonchev–Trinajstić information content (AvgIpc) is 2.88. The first kappa shape index (κ1) is 15.9. The van der Waals surface area contributed by atoms with Gasteiger partial charge in [0.05, 0.1) is 12.5 Å². The van der Waals surface area contributed by atoms with Crippen LogP contribution in [-0.4, -0.2) is 35.3 Å². The second-order valence-electron chi connectivity index (χ2n) is 6.56. The van der Waals surface area contributed by atoms with E-state index in [1.165, 1.54) is 0 Å². The minimum absolute atomic E-state index is 0.0291. The van der Waals surface area contributed by atoms with Gasteiger partial charge in [-0.1, -0.05) is 25.9 Å². The van der Waals surface area contributed by atoms with Crippen molar-refractivity contribution in [2.75, 3.05) is 13.2 Å². The lowest BCUT2D eigenvalue weighted by Crippen LogP contribution is -2.31. The van der Waals surface area contributed by atoms with Crippen molar-refractivity contribution in [2.24, 2.45) is 0 Å². The summed E-state index contributed by atoms with van der Waals surface area (Å²) in [7, 11) is 0. The van der Waals surface area contributed by atoms with Crippen LogP contribution in [0.15, 0.2) is 4.52 Å². The Bertz CT molecular complexity index is 459. The number of nitrogens with zero attached hydrogens (tertiary/aromatic N) is 2. The summed E-state index contributed by atoms with van der Waals surface area (Å²) in [5.41, 5.74) is -0.146. The third-order valence-electron chi connectivity index (χ3n) is 3.47. The van der Waals surface area contributed by atoms with Gasteiger partial charge < -0.3 is 14.6 Å². The molecule has 0 bridgehead atoms. The van der Waals surface area contributed by atoms with E-state index in [4.69, 9.17) is 9.26 Å². The number of carbonyl (C=O) groups is 1. The standard InChI is InChI=1S/C15H25N3O3/c1-15(2,3)14-17-12(18-21-14)7-8-16-13(19)10-11-6-4-5-9-20-11/h11H,4-10H2,1-3H3,(H,16,19). The number of aromatic nitrogens is 2. The van der Waals surface area contributed by atoms with Gasteiger partial charge in [0.15, 0.2) is 5.82 Å². The summed E-state index contributed by atoms with van der Waals surface area (Å²) in [5, 5.41) is 6.82. The van der Waals surface area contributed by atoms with Crippen LogP contribution in [0.25, 0.3) is 0 Å². The first-order chi connectivity index (χ1) is 9.95. The van der Waals surface area contributed by atoms with Gasteiger partial charge in [-0.3, -0.25) is 4.79 Å². The third-order valence-corrected chi connectivity index (χ3v) is 3.47. The number of hydrogen-bond acceptors (Lipinski definition) is 5. The molecule has 2 rings (SSSR count). The molecule has 6 nitrogen and oxygen atoms in total. The van der Waals surface area contributed by atoms with Crippen LogP contribution in [0, 0.1) is 0 Å². The topological polar surface area (TPSA) is 77.2 Å². The minimum Gasteiger partial charge on any atom is -0.378 e. The normalized spacial score (nSPS) is 19.5. The molecule has 1 N–H and O–H groups in total. The maximum absolute atomic E-state index is 11.8. The highest BCUT2D eigenvalue weighted by Gasteiger charge is 2.22. The van der Waals surface area contributed by atoms with Crippen molar-refractivity contribution in [3.8, 4) is 0 Å². The van der Waals surface area contributed by atoms with E-state index >= 15 is 0 Å². The van der Waals surface area contributed by atoms with Crippen LogP contribution < -0.4 is 5.32 Å². The van der Waals surface area contributed by atoms with Gasteiger partial charge in [-0.25, -0.2) is 0 Å². The van der Waals surface area contributed by atoms with Crippen molar-refractivity contribution in [1.29, 1.82) is 0 Å². The van der Waals surface area contributed by atoms with Gasteiger partial charge in [-0.15, -0.1) is 0 Å². The summed E-state index contributed by atoms with van der Waals surface area (Å²) >= 11 is 0. The number of amides is 1. The molecule has 1 unspecified atom stereocenters. The molecule has 0 spiro atoms. The fourth-order valence-corrected chi connectivity index (χ4v) is 2.22. The van der Waals surface area contributed by atoms with Crippen molar-refractivity contribution < 1.29 is 14.1 Å². The molecule has 21 heavy (non-hydrogen) atoms. The molecule has 0 aliphatic carbocycles. The first-order valence-electron chi connectivity index (χ1n) is 7.66. The molecule has 1 aromatic heterocycles. The fraction of sp³-hybridized carbons (Fsp3) is 0.800. The van der Waals surface area contributed by atoms with Gasteiger partial charge in [-0.05, 0) is 19.3 Å². The van der Waals surface area contributed by atoms with Gasteiger partial charge in [0, 0.05) is 25.0 Å². The lowest BCUT2D eigenvalue weighted by atomic mass is 9.97. The van der Waals surface area contributed by atoms with Crippen molar-refractivity contribution in [1.82, 2.24) is 15.5 Å². The monoisotopic (exact) mass is 295 g/mol. The zero-order chi connectivity index (χ0) is 15.3. The molecule has 1 aliphatic heterocycles. The van der Waals surface area contributed by atoms with Gasteiger partial charge >= 0.3 is 0 Å². The second kappa shape index (κ2) is 7.02. The molecule has 1 saturated heterocycles. The van der Waals surface area contributed by atoms with E-state index < -0.39 is 0 Å². The van der Waals surface area contributed by atoms with E-state index in [0.717, 1.165) is 25.9 Å². The van der Waals surface area contributed by atoms with Crippen LogP contribution in [0.4, 0.5) is 0 Å². The quantitative estimate of drug-likeness (QED) is 0.899. The zero-order valence-corrected chi connectivity index (χ0v) is 13.1. The Balaban J connectivity index is 1.69. The Morgan fingerprint density at radius 1 is 1.38 bits per heavy atom. The summed E-state index contributed by atoms with van der Waals surface area (Å²) in [6.07, 6.45) is 4.34. The lowest BCUT2D eigenvalue weighted by Gasteiger charge is -2.21. The summed E-state index contributed by atoms with van der Waals surface area (Å²) in [4.78, 5) is 16.2. The largest absolute Gasteiger partial charge is 0.378 e. The van der Waals surface area contributed by atoms with Crippen LogP contribution in [0.2, 0.25) is 0 Å². The maximum Gasteiger partial charge on any atom is 0.232 e. The molecular formula is C15H25N3O3. The van der Waals surface area contributed by atoms with E-state index in [-0.39, 0.29) is 17.4 Å². The molecule has 1 aliphatic rings. The van der Waals surface area contributed by atoms with Crippen LogP contribution in [0.5, 0.6) is 0 Å². The molecule has 118 valence electrons. The Kier molecular flexibility index (Phi) is 5.33.